The largest absolute Gasteiger partial charge is 0.488 e. The van der Waals surface area contributed by atoms with E-state index < -0.39 is 13.0 Å². The molecule has 2 aromatic rings. The van der Waals surface area contributed by atoms with E-state index in [1.807, 2.05) is 0 Å². The fraction of sp³-hybridized carbons (Fsp3) is 0.0714. The molecule has 0 aromatic heterocycles. The first kappa shape index (κ1) is 15.5. The molecule has 108 valence electrons. The van der Waals surface area contributed by atoms with Crippen LogP contribution < -0.4 is 10.8 Å². The average Bonchev–Trinajstić information content (AvgIpc) is 2.46. The Morgan fingerprint density at radius 2 is 1.86 bits per heavy atom. The van der Waals surface area contributed by atoms with Gasteiger partial charge in [-0.2, -0.15) is 0 Å². The lowest BCUT2D eigenvalue weighted by Crippen LogP contribution is -2.30. The highest BCUT2D eigenvalue weighted by atomic mass is 35.5. The monoisotopic (exact) mass is 307 g/mol. The summed E-state index contributed by atoms with van der Waals surface area (Å²) in [6, 6.07) is 9.90. The van der Waals surface area contributed by atoms with Crippen LogP contribution in [0.15, 0.2) is 42.5 Å². The van der Waals surface area contributed by atoms with Crippen LogP contribution in [-0.4, -0.2) is 23.1 Å². The van der Waals surface area contributed by atoms with E-state index in [-0.39, 0.29) is 28.4 Å². The predicted molar refractivity (Wildman–Crippen MR) is 78.8 cm³/mol. The van der Waals surface area contributed by atoms with Crippen molar-refractivity contribution < 1.29 is 19.2 Å². The second kappa shape index (κ2) is 6.71. The minimum atomic E-state index is -1.64. The first-order valence-electron chi connectivity index (χ1n) is 6.15. The number of carbonyl (C=O) groups excluding carboxylic acids is 1. The molecule has 0 saturated carbocycles. The molecule has 0 atom stereocenters. The van der Waals surface area contributed by atoms with Crippen molar-refractivity contribution in [3.05, 3.63) is 64.4 Å². The highest BCUT2D eigenvalue weighted by Gasteiger charge is 2.15. The summed E-state index contributed by atoms with van der Waals surface area (Å²) in [6.45, 7) is 0.236. The summed E-state index contributed by atoms with van der Waals surface area (Å²) in [5.41, 5.74) is 1.18. The van der Waals surface area contributed by atoms with E-state index in [4.69, 9.17) is 21.6 Å². The van der Waals surface area contributed by atoms with Crippen molar-refractivity contribution in [1.29, 1.82) is 0 Å². The number of benzene rings is 2. The summed E-state index contributed by atoms with van der Waals surface area (Å²) in [5.74, 6) is -0.741. The summed E-state index contributed by atoms with van der Waals surface area (Å²) in [6.07, 6.45) is 0. The Kier molecular flexibility index (Phi) is 4.96. The molecule has 1 amide bonds. The molecule has 0 bridgehead atoms. The predicted octanol–water partition coefficient (Wildman–Crippen LogP) is 1.09. The molecular formula is C14H12BClFNO3. The summed E-state index contributed by atoms with van der Waals surface area (Å²) >= 11 is 5.94. The second-order valence-electron chi connectivity index (χ2n) is 4.42. The van der Waals surface area contributed by atoms with E-state index >= 15 is 0 Å². The van der Waals surface area contributed by atoms with Gasteiger partial charge < -0.3 is 15.4 Å². The number of carbonyl (C=O) groups is 1. The molecule has 0 aliphatic heterocycles. The number of halogens is 2. The van der Waals surface area contributed by atoms with Gasteiger partial charge in [-0.05, 0) is 35.3 Å². The molecule has 7 heteroatoms. The van der Waals surface area contributed by atoms with Gasteiger partial charge in [-0.3, -0.25) is 4.79 Å². The standard InChI is InChI=1S/C14H12BClFNO3/c16-13-7-10(15(20)21)3-6-12(13)14(19)18-8-9-1-4-11(17)5-2-9/h1-7,20-21H,8H2,(H,18,19). The van der Waals surface area contributed by atoms with Gasteiger partial charge in [-0.1, -0.05) is 29.8 Å². The normalized spacial score (nSPS) is 10.3. The number of nitrogens with one attached hydrogen (secondary N) is 1. The van der Waals surface area contributed by atoms with E-state index in [0.29, 0.717) is 0 Å². The zero-order chi connectivity index (χ0) is 15.4. The summed E-state index contributed by atoms with van der Waals surface area (Å²) in [4.78, 5) is 12.0. The fourth-order valence-corrected chi connectivity index (χ4v) is 2.03. The Labute approximate surface area is 126 Å². The highest BCUT2D eigenvalue weighted by Crippen LogP contribution is 2.14. The highest BCUT2D eigenvalue weighted by molar-refractivity contribution is 6.59. The number of amides is 1. The molecule has 0 saturated heterocycles. The molecule has 2 rings (SSSR count). The second-order valence-corrected chi connectivity index (χ2v) is 4.83. The van der Waals surface area contributed by atoms with Crippen molar-refractivity contribution in [3.63, 3.8) is 0 Å². The average molecular weight is 308 g/mol. The molecule has 0 radical (unpaired) electrons. The minimum absolute atomic E-state index is 0.122. The van der Waals surface area contributed by atoms with Gasteiger partial charge in [0.15, 0.2) is 0 Å². The maximum atomic E-state index is 12.8. The smallest absolute Gasteiger partial charge is 0.423 e. The van der Waals surface area contributed by atoms with Crippen molar-refractivity contribution in [1.82, 2.24) is 5.32 Å². The minimum Gasteiger partial charge on any atom is -0.423 e. The van der Waals surface area contributed by atoms with Gasteiger partial charge in [0.25, 0.3) is 5.91 Å². The maximum Gasteiger partial charge on any atom is 0.488 e. The van der Waals surface area contributed by atoms with Gasteiger partial charge in [0.1, 0.15) is 5.82 Å². The lowest BCUT2D eigenvalue weighted by Gasteiger charge is -2.08. The number of hydrogen-bond acceptors (Lipinski definition) is 3. The van der Waals surface area contributed by atoms with Crippen molar-refractivity contribution in [2.24, 2.45) is 0 Å². The summed E-state index contributed by atoms with van der Waals surface area (Å²) in [5, 5.41) is 20.8. The first-order valence-corrected chi connectivity index (χ1v) is 6.53. The van der Waals surface area contributed by atoms with E-state index in [1.54, 1.807) is 12.1 Å². The van der Waals surface area contributed by atoms with Gasteiger partial charge >= 0.3 is 7.12 Å². The molecular weight excluding hydrogens is 295 g/mol. The quantitative estimate of drug-likeness (QED) is 0.741. The molecule has 2 aromatic carbocycles. The molecule has 21 heavy (non-hydrogen) atoms. The molecule has 0 aliphatic carbocycles. The molecule has 0 heterocycles. The van der Waals surface area contributed by atoms with E-state index in [0.717, 1.165) is 5.56 Å². The fourth-order valence-electron chi connectivity index (χ4n) is 1.76. The third kappa shape index (κ3) is 4.04. The van der Waals surface area contributed by atoms with E-state index in [2.05, 4.69) is 5.32 Å². The van der Waals surface area contributed by atoms with Crippen LogP contribution in [0.1, 0.15) is 15.9 Å². The van der Waals surface area contributed by atoms with Gasteiger partial charge in [0, 0.05) is 6.54 Å². The van der Waals surface area contributed by atoms with Crippen LogP contribution >= 0.6 is 11.6 Å². The SMILES string of the molecule is O=C(NCc1ccc(F)cc1)c1ccc(B(O)O)cc1Cl. The lowest BCUT2D eigenvalue weighted by atomic mass is 9.80. The third-order valence-corrected chi connectivity index (χ3v) is 3.21. The van der Waals surface area contributed by atoms with Crippen LogP contribution in [0, 0.1) is 5.82 Å². The zero-order valence-electron chi connectivity index (χ0n) is 10.9. The Morgan fingerprint density at radius 1 is 1.19 bits per heavy atom. The summed E-state index contributed by atoms with van der Waals surface area (Å²) < 4.78 is 12.8. The van der Waals surface area contributed by atoms with Gasteiger partial charge in [-0.25, -0.2) is 4.39 Å². The van der Waals surface area contributed by atoms with E-state index in [9.17, 15) is 9.18 Å². The van der Waals surface area contributed by atoms with Crippen LogP contribution in [0.3, 0.4) is 0 Å². The van der Waals surface area contributed by atoms with Crippen LogP contribution in [0.4, 0.5) is 4.39 Å². The zero-order valence-corrected chi connectivity index (χ0v) is 11.6. The molecule has 0 fully saturated rings. The maximum absolute atomic E-state index is 12.8. The van der Waals surface area contributed by atoms with Crippen molar-refractivity contribution >= 4 is 30.1 Å². The molecule has 0 aliphatic rings. The Hall–Kier alpha value is -1.89. The molecule has 4 nitrogen and oxygen atoms in total. The number of hydrogen-bond donors (Lipinski definition) is 3. The molecule has 3 N–H and O–H groups in total. The van der Waals surface area contributed by atoms with Crippen LogP contribution in [0.5, 0.6) is 0 Å². The number of rotatable bonds is 4. The van der Waals surface area contributed by atoms with Crippen LogP contribution in [0.2, 0.25) is 5.02 Å². The van der Waals surface area contributed by atoms with Crippen molar-refractivity contribution in [3.8, 4) is 0 Å². The first-order chi connectivity index (χ1) is 9.97. The topological polar surface area (TPSA) is 69.6 Å². The van der Waals surface area contributed by atoms with Gasteiger partial charge in [0.2, 0.25) is 0 Å². The van der Waals surface area contributed by atoms with Crippen molar-refractivity contribution in [2.75, 3.05) is 0 Å². The third-order valence-electron chi connectivity index (χ3n) is 2.90. The van der Waals surface area contributed by atoms with Gasteiger partial charge in [-0.15, -0.1) is 0 Å². The molecule has 0 unspecified atom stereocenters. The Bertz CT molecular complexity index is 649. The molecule has 0 spiro atoms. The summed E-state index contributed by atoms with van der Waals surface area (Å²) in [7, 11) is -1.64. The van der Waals surface area contributed by atoms with E-state index in [1.165, 1.54) is 30.3 Å². The van der Waals surface area contributed by atoms with Gasteiger partial charge in [0.05, 0.1) is 10.6 Å². The van der Waals surface area contributed by atoms with Crippen molar-refractivity contribution in [2.45, 2.75) is 6.54 Å². The van der Waals surface area contributed by atoms with Crippen LogP contribution in [-0.2, 0) is 6.54 Å². The van der Waals surface area contributed by atoms with Crippen LogP contribution in [0.25, 0.3) is 0 Å². The Balaban J connectivity index is 2.05. The lowest BCUT2D eigenvalue weighted by molar-refractivity contribution is 0.0951. The Morgan fingerprint density at radius 3 is 2.43 bits per heavy atom.